The van der Waals surface area contributed by atoms with Crippen molar-refractivity contribution in [1.29, 1.82) is 0 Å². The highest BCUT2D eigenvalue weighted by atomic mass is 19.1. The molecule has 1 amide bonds. The van der Waals surface area contributed by atoms with Gasteiger partial charge < -0.3 is 14.7 Å². The lowest BCUT2D eigenvalue weighted by molar-refractivity contribution is -0.132. The fraction of sp³-hybridized carbons (Fsp3) is 0.333. The van der Waals surface area contributed by atoms with Crippen LogP contribution in [0.15, 0.2) is 30.4 Å². The lowest BCUT2D eigenvalue weighted by atomic mass is 10.2. The maximum Gasteiger partial charge on any atom is 0.339 e. The van der Waals surface area contributed by atoms with Crippen LogP contribution >= 0.6 is 0 Å². The number of carbonyl (C=O) groups excluding carboxylic acids is 1. The zero-order chi connectivity index (χ0) is 16.0. The molecule has 0 aliphatic carbocycles. The number of likely N-dealkylation sites (N-methyl/N-ethyl adjacent to an activating group) is 1. The van der Waals surface area contributed by atoms with Gasteiger partial charge in [-0.25, -0.2) is 9.18 Å². The highest BCUT2D eigenvalue weighted by Gasteiger charge is 2.16. The number of carbonyl (C=O) groups is 2. The maximum absolute atomic E-state index is 13.2. The molecule has 1 N–H and O–H groups in total. The van der Waals surface area contributed by atoms with Gasteiger partial charge in [-0.05, 0) is 26.0 Å². The number of aromatic carboxylic acids is 1. The minimum absolute atomic E-state index is 0.165. The molecule has 0 bridgehead atoms. The van der Waals surface area contributed by atoms with Crippen molar-refractivity contribution in [1.82, 2.24) is 4.90 Å². The SMILES string of the molecule is C=C(C)CN(CC)C(=O)COc1cc(F)ccc1C(=O)O. The molecule has 0 saturated heterocycles. The van der Waals surface area contributed by atoms with E-state index in [-0.39, 0.29) is 23.8 Å². The van der Waals surface area contributed by atoms with Gasteiger partial charge in [0.1, 0.15) is 17.1 Å². The van der Waals surface area contributed by atoms with Gasteiger partial charge in [0.15, 0.2) is 6.61 Å². The number of carboxylic acid groups (broad SMARTS) is 1. The Hall–Kier alpha value is -2.37. The van der Waals surface area contributed by atoms with E-state index < -0.39 is 11.8 Å². The van der Waals surface area contributed by atoms with E-state index in [9.17, 15) is 14.0 Å². The minimum Gasteiger partial charge on any atom is -0.483 e. The van der Waals surface area contributed by atoms with Crippen molar-refractivity contribution in [2.75, 3.05) is 19.7 Å². The van der Waals surface area contributed by atoms with Gasteiger partial charge in [0.05, 0.1) is 0 Å². The van der Waals surface area contributed by atoms with Crippen LogP contribution in [0.4, 0.5) is 4.39 Å². The largest absolute Gasteiger partial charge is 0.483 e. The Morgan fingerprint density at radius 3 is 2.62 bits per heavy atom. The second kappa shape index (κ2) is 7.42. The number of hydrogen-bond acceptors (Lipinski definition) is 3. The first-order valence-corrected chi connectivity index (χ1v) is 6.43. The van der Waals surface area contributed by atoms with Crippen LogP contribution in [0.25, 0.3) is 0 Å². The number of nitrogens with zero attached hydrogens (tertiary/aromatic N) is 1. The monoisotopic (exact) mass is 295 g/mol. The second-order valence-corrected chi connectivity index (χ2v) is 4.60. The van der Waals surface area contributed by atoms with Gasteiger partial charge in [-0.2, -0.15) is 0 Å². The molecule has 0 aliphatic rings. The van der Waals surface area contributed by atoms with E-state index in [1.165, 1.54) is 4.90 Å². The predicted molar refractivity (Wildman–Crippen MR) is 75.9 cm³/mol. The molecule has 6 heteroatoms. The minimum atomic E-state index is -1.24. The average Bonchev–Trinajstić information content (AvgIpc) is 2.41. The van der Waals surface area contributed by atoms with Crippen molar-refractivity contribution in [3.8, 4) is 5.75 Å². The molecular weight excluding hydrogens is 277 g/mol. The number of carboxylic acids is 1. The molecule has 114 valence electrons. The summed E-state index contributed by atoms with van der Waals surface area (Å²) in [6.07, 6.45) is 0. The molecule has 0 aliphatic heterocycles. The van der Waals surface area contributed by atoms with Crippen LogP contribution in [0.5, 0.6) is 5.75 Å². The summed E-state index contributed by atoms with van der Waals surface area (Å²) >= 11 is 0. The van der Waals surface area contributed by atoms with Crippen LogP contribution in [0.2, 0.25) is 0 Å². The molecule has 5 nitrogen and oxygen atoms in total. The molecule has 1 aromatic rings. The molecular formula is C15H18FNO4. The third-order valence-electron chi connectivity index (χ3n) is 2.72. The smallest absolute Gasteiger partial charge is 0.339 e. The Labute approximate surface area is 122 Å². The van der Waals surface area contributed by atoms with E-state index in [1.807, 2.05) is 6.92 Å². The highest BCUT2D eigenvalue weighted by molar-refractivity contribution is 5.91. The van der Waals surface area contributed by atoms with E-state index >= 15 is 0 Å². The fourth-order valence-electron chi connectivity index (χ4n) is 1.73. The Morgan fingerprint density at radius 1 is 1.43 bits per heavy atom. The standard InChI is InChI=1S/C15H18FNO4/c1-4-17(8-10(2)3)14(18)9-21-13-7-11(16)5-6-12(13)15(19)20/h5-7H,2,4,8-9H2,1,3H3,(H,19,20). The van der Waals surface area contributed by atoms with Crippen molar-refractivity contribution in [3.05, 3.63) is 41.7 Å². The molecule has 1 rings (SSSR count). The zero-order valence-electron chi connectivity index (χ0n) is 12.1. The second-order valence-electron chi connectivity index (χ2n) is 4.60. The van der Waals surface area contributed by atoms with Crippen LogP contribution in [-0.4, -0.2) is 41.6 Å². The van der Waals surface area contributed by atoms with Crippen molar-refractivity contribution < 1.29 is 23.8 Å². The Balaban J connectivity index is 2.78. The molecule has 1 aromatic carbocycles. The van der Waals surface area contributed by atoms with E-state index in [0.29, 0.717) is 13.1 Å². The first-order chi connectivity index (χ1) is 9.85. The Kier molecular flexibility index (Phi) is 5.90. The quantitative estimate of drug-likeness (QED) is 0.784. The Bertz CT molecular complexity index is 557. The molecule has 21 heavy (non-hydrogen) atoms. The molecule has 0 fully saturated rings. The number of rotatable bonds is 7. The number of amides is 1. The van der Waals surface area contributed by atoms with Gasteiger partial charge in [0.2, 0.25) is 0 Å². The number of halogens is 1. The van der Waals surface area contributed by atoms with E-state index in [2.05, 4.69) is 6.58 Å². The van der Waals surface area contributed by atoms with Gasteiger partial charge in [-0.1, -0.05) is 12.2 Å². The summed E-state index contributed by atoms with van der Waals surface area (Å²) in [6, 6.07) is 3.08. The normalized spacial score (nSPS) is 10.0. The molecule has 0 radical (unpaired) electrons. The summed E-state index contributed by atoms with van der Waals surface area (Å²) in [6.45, 7) is 7.86. The summed E-state index contributed by atoms with van der Waals surface area (Å²) in [5.41, 5.74) is 0.634. The van der Waals surface area contributed by atoms with Gasteiger partial charge >= 0.3 is 5.97 Å². The Morgan fingerprint density at radius 2 is 2.10 bits per heavy atom. The summed E-state index contributed by atoms with van der Waals surface area (Å²) < 4.78 is 18.3. The summed E-state index contributed by atoms with van der Waals surface area (Å²) in [7, 11) is 0. The zero-order valence-corrected chi connectivity index (χ0v) is 12.1. The lowest BCUT2D eigenvalue weighted by Gasteiger charge is -2.21. The van der Waals surface area contributed by atoms with Gasteiger partial charge in [0, 0.05) is 19.2 Å². The topological polar surface area (TPSA) is 66.8 Å². The average molecular weight is 295 g/mol. The van der Waals surface area contributed by atoms with Gasteiger partial charge in [-0.15, -0.1) is 0 Å². The third-order valence-corrected chi connectivity index (χ3v) is 2.72. The van der Waals surface area contributed by atoms with Crippen LogP contribution in [0.3, 0.4) is 0 Å². The van der Waals surface area contributed by atoms with Crippen LogP contribution in [-0.2, 0) is 4.79 Å². The maximum atomic E-state index is 13.2. The summed E-state index contributed by atoms with van der Waals surface area (Å²) in [5.74, 6) is -2.35. The predicted octanol–water partition coefficient (Wildman–Crippen LogP) is 2.33. The van der Waals surface area contributed by atoms with Crippen molar-refractivity contribution in [3.63, 3.8) is 0 Å². The van der Waals surface area contributed by atoms with E-state index in [1.54, 1.807) is 6.92 Å². The molecule has 0 aromatic heterocycles. The van der Waals surface area contributed by atoms with Gasteiger partial charge in [-0.3, -0.25) is 4.79 Å². The number of ether oxygens (including phenoxy) is 1. The first kappa shape index (κ1) is 16.7. The van der Waals surface area contributed by atoms with E-state index in [0.717, 1.165) is 23.8 Å². The molecule has 0 saturated carbocycles. The fourth-order valence-corrected chi connectivity index (χ4v) is 1.73. The summed E-state index contributed by atoms with van der Waals surface area (Å²) in [4.78, 5) is 24.5. The van der Waals surface area contributed by atoms with Crippen molar-refractivity contribution in [2.45, 2.75) is 13.8 Å². The first-order valence-electron chi connectivity index (χ1n) is 6.43. The molecule has 0 spiro atoms. The number of benzene rings is 1. The van der Waals surface area contributed by atoms with Crippen molar-refractivity contribution in [2.24, 2.45) is 0 Å². The van der Waals surface area contributed by atoms with E-state index in [4.69, 9.17) is 9.84 Å². The third kappa shape index (κ3) is 4.91. The molecule has 0 atom stereocenters. The van der Waals surface area contributed by atoms with Crippen LogP contribution in [0.1, 0.15) is 24.2 Å². The van der Waals surface area contributed by atoms with Crippen molar-refractivity contribution >= 4 is 11.9 Å². The molecule has 0 unspecified atom stereocenters. The number of hydrogen-bond donors (Lipinski definition) is 1. The highest BCUT2D eigenvalue weighted by Crippen LogP contribution is 2.20. The molecule has 0 heterocycles. The van der Waals surface area contributed by atoms with Crippen LogP contribution in [0, 0.1) is 5.82 Å². The van der Waals surface area contributed by atoms with Crippen LogP contribution < -0.4 is 4.74 Å². The summed E-state index contributed by atoms with van der Waals surface area (Å²) in [5, 5.41) is 8.99. The lowest BCUT2D eigenvalue weighted by Crippen LogP contribution is -2.36. The van der Waals surface area contributed by atoms with Gasteiger partial charge in [0.25, 0.3) is 5.91 Å².